The normalized spacial score (nSPS) is 11.6. The summed E-state index contributed by atoms with van der Waals surface area (Å²) in [6.45, 7) is 0.0657. The highest BCUT2D eigenvalue weighted by molar-refractivity contribution is 7.99. The fourth-order valence-corrected chi connectivity index (χ4v) is 1.11. The van der Waals surface area contributed by atoms with Gasteiger partial charge in [0.1, 0.15) is 0 Å². The molecule has 0 aromatic heterocycles. The molecule has 1 atom stereocenters. The third-order valence-electron chi connectivity index (χ3n) is 0.482. The Labute approximate surface area is 58.2 Å². The molecule has 0 saturated carbocycles. The molecule has 9 heavy (non-hydrogen) atoms. The van der Waals surface area contributed by atoms with Crippen LogP contribution in [0.1, 0.15) is 0 Å². The van der Waals surface area contributed by atoms with E-state index in [-0.39, 0.29) is 12.5 Å². The summed E-state index contributed by atoms with van der Waals surface area (Å²) in [7, 11) is -2.47. The lowest BCUT2D eigenvalue weighted by Gasteiger charge is -1.88. The van der Waals surface area contributed by atoms with Gasteiger partial charge < -0.3 is 5.11 Å². The maximum absolute atomic E-state index is 9.81. The molecule has 0 fully saturated rings. The SMILES string of the molecule is O=[P+](O)OCSCCO. The Bertz CT molecular complexity index is 87.9. The Hall–Kier alpha value is 0.330. The summed E-state index contributed by atoms with van der Waals surface area (Å²) in [4.78, 5) is 8.06. The second-order valence-electron chi connectivity index (χ2n) is 1.12. The van der Waals surface area contributed by atoms with Crippen LogP contribution in [0.2, 0.25) is 0 Å². The van der Waals surface area contributed by atoms with E-state index in [2.05, 4.69) is 4.52 Å². The van der Waals surface area contributed by atoms with Crippen molar-refractivity contribution in [1.29, 1.82) is 0 Å². The second-order valence-corrected chi connectivity index (χ2v) is 2.90. The van der Waals surface area contributed by atoms with Gasteiger partial charge in [0.05, 0.1) is 6.61 Å². The summed E-state index contributed by atoms with van der Waals surface area (Å²) < 4.78 is 14.1. The van der Waals surface area contributed by atoms with E-state index in [0.29, 0.717) is 5.75 Å². The van der Waals surface area contributed by atoms with E-state index < -0.39 is 8.25 Å². The Morgan fingerprint density at radius 1 is 1.67 bits per heavy atom. The van der Waals surface area contributed by atoms with E-state index in [1.165, 1.54) is 11.8 Å². The van der Waals surface area contributed by atoms with Gasteiger partial charge in [-0.25, -0.2) is 0 Å². The lowest BCUT2D eigenvalue weighted by Crippen LogP contribution is -1.88. The van der Waals surface area contributed by atoms with Gasteiger partial charge >= 0.3 is 8.25 Å². The van der Waals surface area contributed by atoms with Gasteiger partial charge in [-0.1, -0.05) is 0 Å². The predicted octanol–water partition coefficient (Wildman–Crippen LogP) is 0.336. The maximum Gasteiger partial charge on any atom is 0.695 e. The summed E-state index contributed by atoms with van der Waals surface area (Å²) in [5.74, 6) is 0.690. The van der Waals surface area contributed by atoms with Crippen LogP contribution in [-0.2, 0) is 9.09 Å². The molecule has 0 heterocycles. The molecule has 0 aromatic rings. The molecular formula is C3H8O4PS+. The standard InChI is InChI=1S/C3H7O4PS/c4-1-2-9-3-7-8(5)6/h4H,1-3H2/p+1. The van der Waals surface area contributed by atoms with Crippen LogP contribution < -0.4 is 0 Å². The van der Waals surface area contributed by atoms with Crippen molar-refractivity contribution in [3.05, 3.63) is 0 Å². The summed E-state index contributed by atoms with van der Waals surface area (Å²) in [6, 6.07) is 0. The minimum atomic E-state index is -2.47. The average Bonchev–Trinajstić information content (AvgIpc) is 1.80. The fourth-order valence-electron chi connectivity index (χ4n) is 0.206. The molecule has 0 spiro atoms. The monoisotopic (exact) mass is 171 g/mol. The van der Waals surface area contributed by atoms with Gasteiger partial charge in [-0.2, -0.15) is 0 Å². The predicted molar refractivity (Wildman–Crippen MR) is 35.3 cm³/mol. The molecule has 1 unspecified atom stereocenters. The minimum absolute atomic E-state index is 0.0657. The summed E-state index contributed by atoms with van der Waals surface area (Å²) in [5.41, 5.74) is 0. The van der Waals surface area contributed by atoms with Crippen LogP contribution in [0.15, 0.2) is 0 Å². The number of thioether (sulfide) groups is 1. The molecule has 0 aromatic carbocycles. The lowest BCUT2D eigenvalue weighted by molar-refractivity contribution is 0.317. The Kier molecular flexibility index (Phi) is 6.69. The molecule has 0 amide bonds. The van der Waals surface area contributed by atoms with Crippen molar-refractivity contribution in [3.63, 3.8) is 0 Å². The first-order valence-corrected chi connectivity index (χ1v) is 4.53. The Morgan fingerprint density at radius 2 is 2.33 bits per heavy atom. The van der Waals surface area contributed by atoms with Crippen molar-refractivity contribution in [1.82, 2.24) is 0 Å². The quantitative estimate of drug-likeness (QED) is 0.354. The Morgan fingerprint density at radius 3 is 2.78 bits per heavy atom. The van der Waals surface area contributed by atoms with Crippen LogP contribution in [0, 0.1) is 0 Å². The van der Waals surface area contributed by atoms with E-state index >= 15 is 0 Å². The van der Waals surface area contributed by atoms with Gasteiger partial charge in [0.2, 0.25) is 0 Å². The van der Waals surface area contributed by atoms with Crippen molar-refractivity contribution in [2.24, 2.45) is 0 Å². The van der Waals surface area contributed by atoms with Crippen LogP contribution in [0.4, 0.5) is 0 Å². The zero-order valence-electron chi connectivity index (χ0n) is 4.69. The summed E-state index contributed by atoms with van der Waals surface area (Å²) >= 11 is 1.27. The van der Waals surface area contributed by atoms with E-state index in [1.54, 1.807) is 0 Å². The van der Waals surface area contributed by atoms with Crippen LogP contribution in [0.25, 0.3) is 0 Å². The van der Waals surface area contributed by atoms with Crippen molar-refractivity contribution >= 4 is 20.0 Å². The number of rotatable bonds is 5. The molecule has 0 bridgehead atoms. The molecule has 0 rings (SSSR count). The van der Waals surface area contributed by atoms with Gasteiger partial charge in [0, 0.05) is 10.3 Å². The second kappa shape index (κ2) is 6.45. The third-order valence-corrected chi connectivity index (χ3v) is 1.76. The first-order valence-electron chi connectivity index (χ1n) is 2.25. The zero-order valence-corrected chi connectivity index (χ0v) is 6.40. The van der Waals surface area contributed by atoms with Crippen molar-refractivity contribution < 1.29 is 19.1 Å². The topological polar surface area (TPSA) is 66.8 Å². The van der Waals surface area contributed by atoms with Gasteiger partial charge in [0.25, 0.3) is 0 Å². The number of aliphatic hydroxyl groups is 1. The van der Waals surface area contributed by atoms with Crippen LogP contribution >= 0.6 is 20.0 Å². The molecule has 2 N–H and O–H groups in total. The smallest absolute Gasteiger partial charge is 0.396 e. The molecule has 0 radical (unpaired) electrons. The Balaban J connectivity index is 2.83. The van der Waals surface area contributed by atoms with Crippen LogP contribution in [0.3, 0.4) is 0 Å². The third kappa shape index (κ3) is 8.33. The summed E-state index contributed by atoms with van der Waals surface area (Å²) in [6.07, 6.45) is 0. The van der Waals surface area contributed by atoms with Gasteiger partial charge in [0.15, 0.2) is 5.94 Å². The number of aliphatic hydroxyl groups excluding tert-OH is 1. The summed E-state index contributed by atoms with van der Waals surface area (Å²) in [5, 5.41) is 8.22. The number of hydrogen-bond acceptors (Lipinski definition) is 4. The zero-order chi connectivity index (χ0) is 7.11. The van der Waals surface area contributed by atoms with Crippen molar-refractivity contribution in [2.45, 2.75) is 0 Å². The highest BCUT2D eigenvalue weighted by atomic mass is 32.2. The minimum Gasteiger partial charge on any atom is -0.396 e. The maximum atomic E-state index is 9.81. The van der Waals surface area contributed by atoms with Crippen LogP contribution in [0.5, 0.6) is 0 Å². The first-order chi connectivity index (χ1) is 4.27. The van der Waals surface area contributed by atoms with Gasteiger partial charge in [-0.3, -0.25) is 0 Å². The largest absolute Gasteiger partial charge is 0.695 e. The molecule has 4 nitrogen and oxygen atoms in total. The number of hydrogen-bond donors (Lipinski definition) is 2. The molecule has 0 aliphatic rings. The van der Waals surface area contributed by atoms with E-state index in [0.717, 1.165) is 0 Å². The van der Waals surface area contributed by atoms with E-state index in [4.69, 9.17) is 10.00 Å². The molecule has 0 aliphatic carbocycles. The fraction of sp³-hybridized carbons (Fsp3) is 1.00. The molecule has 0 saturated heterocycles. The highest BCUT2D eigenvalue weighted by Crippen LogP contribution is 2.17. The molecule has 6 heteroatoms. The lowest BCUT2D eigenvalue weighted by atomic mass is 10.9. The van der Waals surface area contributed by atoms with Crippen molar-refractivity contribution in [3.8, 4) is 0 Å². The average molecular weight is 171 g/mol. The van der Waals surface area contributed by atoms with Gasteiger partial charge in [-0.05, 0) is 0 Å². The molecule has 0 aliphatic heterocycles. The highest BCUT2D eigenvalue weighted by Gasteiger charge is 2.09. The van der Waals surface area contributed by atoms with E-state index in [1.807, 2.05) is 0 Å². The molecular weight excluding hydrogens is 163 g/mol. The first kappa shape index (κ1) is 9.33. The van der Waals surface area contributed by atoms with Gasteiger partial charge in [-0.15, -0.1) is 21.2 Å². The van der Waals surface area contributed by atoms with Crippen LogP contribution in [-0.4, -0.2) is 28.3 Å². The molecule has 54 valence electrons. The van der Waals surface area contributed by atoms with Crippen molar-refractivity contribution in [2.75, 3.05) is 18.3 Å². The van der Waals surface area contributed by atoms with E-state index in [9.17, 15) is 4.57 Å².